The summed E-state index contributed by atoms with van der Waals surface area (Å²) < 4.78 is 42.0. The molecule has 0 aromatic heterocycles. The van der Waals surface area contributed by atoms with Gasteiger partial charge in [-0.25, -0.2) is 0 Å². The maximum absolute atomic E-state index is 12.7. The van der Waals surface area contributed by atoms with E-state index in [0.29, 0.717) is 16.5 Å². The fourth-order valence-electron chi connectivity index (χ4n) is 3.58. The standard InChI is InChI=1S/C24H20F3NO3S2/c1-23(2,3)15-9-7-14(8-10-15)13-32-19-12-11-18-20-16(19)5-4-6-17(20)21(29)28(22(18)30)31-33-24(25,26)27/h4-12H,13H2,1-3H3. The Kier molecular flexibility index (Phi) is 6.24. The number of amides is 2. The highest BCUT2D eigenvalue weighted by Gasteiger charge is 2.39. The van der Waals surface area contributed by atoms with Crippen LogP contribution in [-0.2, 0) is 15.5 Å². The average Bonchev–Trinajstić information content (AvgIpc) is 2.75. The van der Waals surface area contributed by atoms with Crippen molar-refractivity contribution in [2.24, 2.45) is 0 Å². The van der Waals surface area contributed by atoms with Crippen LogP contribution < -0.4 is 0 Å². The molecule has 172 valence electrons. The molecule has 0 spiro atoms. The number of rotatable bonds is 5. The second-order valence-electron chi connectivity index (χ2n) is 8.58. The molecule has 0 N–H and O–H groups in total. The zero-order valence-corrected chi connectivity index (χ0v) is 19.7. The molecular weight excluding hydrogens is 471 g/mol. The van der Waals surface area contributed by atoms with Gasteiger partial charge in [0.1, 0.15) is 12.0 Å². The zero-order valence-electron chi connectivity index (χ0n) is 18.0. The lowest BCUT2D eigenvalue weighted by Gasteiger charge is -2.26. The van der Waals surface area contributed by atoms with Gasteiger partial charge in [-0.15, -0.1) is 16.8 Å². The summed E-state index contributed by atoms with van der Waals surface area (Å²) in [6.45, 7) is 6.47. The number of carbonyl (C=O) groups excluding carboxylic acids is 2. The van der Waals surface area contributed by atoms with Crippen LogP contribution in [0.2, 0.25) is 0 Å². The fraction of sp³-hybridized carbons (Fsp3) is 0.250. The quantitative estimate of drug-likeness (QED) is 0.216. The van der Waals surface area contributed by atoms with Crippen LogP contribution in [0, 0.1) is 0 Å². The van der Waals surface area contributed by atoms with Crippen molar-refractivity contribution >= 4 is 46.4 Å². The first-order valence-corrected chi connectivity index (χ1v) is 11.8. The number of hydrogen-bond acceptors (Lipinski definition) is 5. The van der Waals surface area contributed by atoms with Gasteiger partial charge in [0.2, 0.25) is 0 Å². The van der Waals surface area contributed by atoms with E-state index in [-0.39, 0.29) is 21.6 Å². The summed E-state index contributed by atoms with van der Waals surface area (Å²) in [4.78, 5) is 26.3. The topological polar surface area (TPSA) is 46.6 Å². The lowest BCUT2D eigenvalue weighted by atomic mass is 9.87. The highest BCUT2D eigenvalue weighted by molar-refractivity contribution is 7.98. The summed E-state index contributed by atoms with van der Waals surface area (Å²) in [7, 11) is 0. The molecule has 9 heteroatoms. The van der Waals surface area contributed by atoms with Crippen molar-refractivity contribution in [1.82, 2.24) is 5.06 Å². The third-order valence-electron chi connectivity index (χ3n) is 5.25. The first kappa shape index (κ1) is 23.7. The van der Waals surface area contributed by atoms with Crippen LogP contribution in [0.4, 0.5) is 13.2 Å². The summed E-state index contributed by atoms with van der Waals surface area (Å²) in [5.74, 6) is -1.16. The van der Waals surface area contributed by atoms with Crippen LogP contribution in [0.3, 0.4) is 0 Å². The molecule has 33 heavy (non-hydrogen) atoms. The Morgan fingerprint density at radius 3 is 2.12 bits per heavy atom. The normalized spacial score (nSPS) is 14.3. The van der Waals surface area contributed by atoms with E-state index in [1.54, 1.807) is 30.0 Å². The Hall–Kier alpha value is -2.49. The molecule has 0 saturated heterocycles. The SMILES string of the molecule is CC(C)(C)c1ccc(CSc2ccc3c4c(cccc24)C(=O)N(OSC(F)(F)F)C3=O)cc1. The second-order valence-corrected chi connectivity index (χ2v) is 10.4. The Morgan fingerprint density at radius 2 is 1.52 bits per heavy atom. The van der Waals surface area contributed by atoms with Gasteiger partial charge in [-0.2, -0.15) is 17.5 Å². The number of alkyl halides is 3. The summed E-state index contributed by atoms with van der Waals surface area (Å²) in [5.41, 5.74) is -2.06. The van der Waals surface area contributed by atoms with Gasteiger partial charge < -0.3 is 0 Å². The van der Waals surface area contributed by atoms with Gasteiger partial charge in [-0.3, -0.25) is 9.59 Å². The Labute approximate surface area is 197 Å². The number of carbonyl (C=O) groups is 2. The molecule has 1 heterocycles. The third-order valence-corrected chi connectivity index (χ3v) is 6.81. The molecule has 4 nitrogen and oxygen atoms in total. The van der Waals surface area contributed by atoms with Crippen molar-refractivity contribution in [3.8, 4) is 0 Å². The Balaban J connectivity index is 1.62. The van der Waals surface area contributed by atoms with E-state index >= 15 is 0 Å². The van der Waals surface area contributed by atoms with Crippen molar-refractivity contribution < 1.29 is 27.0 Å². The number of benzene rings is 3. The number of nitrogens with zero attached hydrogens (tertiary/aromatic N) is 1. The smallest absolute Gasteiger partial charge is 0.266 e. The van der Waals surface area contributed by atoms with E-state index in [4.69, 9.17) is 0 Å². The molecule has 0 bridgehead atoms. The molecule has 2 amide bonds. The monoisotopic (exact) mass is 491 g/mol. The minimum absolute atomic E-state index is 0.0666. The van der Waals surface area contributed by atoms with Gasteiger partial charge in [0.15, 0.2) is 0 Å². The van der Waals surface area contributed by atoms with Crippen molar-refractivity contribution in [2.45, 2.75) is 42.3 Å². The van der Waals surface area contributed by atoms with Crippen molar-refractivity contribution in [2.75, 3.05) is 0 Å². The van der Waals surface area contributed by atoms with Gasteiger partial charge >= 0.3 is 5.51 Å². The van der Waals surface area contributed by atoms with Crippen molar-refractivity contribution in [1.29, 1.82) is 0 Å². The predicted octanol–water partition coefficient (Wildman–Crippen LogP) is 7.13. The molecule has 1 aliphatic rings. The number of thioether (sulfide) groups is 1. The van der Waals surface area contributed by atoms with E-state index in [1.807, 2.05) is 0 Å². The predicted molar refractivity (Wildman–Crippen MR) is 124 cm³/mol. The lowest BCUT2D eigenvalue weighted by molar-refractivity contribution is -0.0570. The molecular formula is C24H20F3NO3S2. The number of hydrogen-bond donors (Lipinski definition) is 0. The molecule has 4 rings (SSSR count). The van der Waals surface area contributed by atoms with Crippen LogP contribution in [0.15, 0.2) is 59.5 Å². The minimum Gasteiger partial charge on any atom is -0.266 e. The molecule has 0 atom stereocenters. The highest BCUT2D eigenvalue weighted by atomic mass is 32.2. The van der Waals surface area contributed by atoms with Crippen LogP contribution in [-0.4, -0.2) is 22.4 Å². The maximum Gasteiger partial charge on any atom is 0.470 e. The first-order chi connectivity index (χ1) is 15.5. The van der Waals surface area contributed by atoms with Gasteiger partial charge in [0.25, 0.3) is 11.8 Å². The zero-order chi connectivity index (χ0) is 24.0. The summed E-state index contributed by atoms with van der Waals surface area (Å²) >= 11 is 0.668. The van der Waals surface area contributed by atoms with Gasteiger partial charge in [-0.1, -0.05) is 57.2 Å². The number of imide groups is 1. The molecule has 0 saturated carbocycles. The fourth-order valence-corrected chi connectivity index (χ4v) is 4.88. The minimum atomic E-state index is -4.75. The summed E-state index contributed by atoms with van der Waals surface area (Å²) in [5, 5.41) is 1.29. The Bertz CT molecular complexity index is 1210. The molecule has 0 aliphatic carbocycles. The van der Waals surface area contributed by atoms with Gasteiger partial charge in [0.05, 0.1) is 11.1 Å². The van der Waals surface area contributed by atoms with E-state index in [2.05, 4.69) is 49.3 Å². The van der Waals surface area contributed by atoms with Crippen LogP contribution in [0.1, 0.15) is 52.6 Å². The molecule has 0 radical (unpaired) electrons. The van der Waals surface area contributed by atoms with Gasteiger partial charge in [0, 0.05) is 16.0 Å². The number of hydroxylamine groups is 2. The first-order valence-electron chi connectivity index (χ1n) is 10.0. The molecule has 0 unspecified atom stereocenters. The van der Waals surface area contributed by atoms with E-state index in [1.165, 1.54) is 17.7 Å². The van der Waals surface area contributed by atoms with Gasteiger partial charge in [-0.05, 0) is 40.1 Å². The molecule has 3 aromatic rings. The van der Waals surface area contributed by atoms with E-state index in [0.717, 1.165) is 10.5 Å². The summed E-state index contributed by atoms with van der Waals surface area (Å²) in [6, 6.07) is 16.6. The molecule has 3 aromatic carbocycles. The lowest BCUT2D eigenvalue weighted by Crippen LogP contribution is -2.39. The van der Waals surface area contributed by atoms with E-state index < -0.39 is 29.4 Å². The number of halogens is 3. The van der Waals surface area contributed by atoms with Crippen LogP contribution in [0.25, 0.3) is 10.8 Å². The summed E-state index contributed by atoms with van der Waals surface area (Å²) in [6.07, 6.45) is 0. The highest BCUT2D eigenvalue weighted by Crippen LogP contribution is 2.39. The third kappa shape index (κ3) is 4.90. The van der Waals surface area contributed by atoms with Crippen LogP contribution in [0.5, 0.6) is 0 Å². The Morgan fingerprint density at radius 1 is 0.879 bits per heavy atom. The molecule has 0 fully saturated rings. The largest absolute Gasteiger partial charge is 0.470 e. The molecule has 1 aliphatic heterocycles. The second kappa shape index (κ2) is 8.70. The average molecular weight is 492 g/mol. The van der Waals surface area contributed by atoms with Crippen molar-refractivity contribution in [3.05, 3.63) is 76.9 Å². The van der Waals surface area contributed by atoms with Crippen LogP contribution >= 0.6 is 23.8 Å². The maximum atomic E-state index is 12.7. The van der Waals surface area contributed by atoms with E-state index in [9.17, 15) is 22.8 Å². The van der Waals surface area contributed by atoms with Crippen molar-refractivity contribution in [3.63, 3.8) is 0 Å².